The Morgan fingerprint density at radius 1 is 1.33 bits per heavy atom. The van der Waals surface area contributed by atoms with Crippen molar-refractivity contribution < 1.29 is 4.79 Å². The molecule has 1 amide bonds. The van der Waals surface area contributed by atoms with Crippen LogP contribution in [0.3, 0.4) is 0 Å². The Hall–Kier alpha value is -1.05. The van der Waals surface area contributed by atoms with E-state index in [1.165, 1.54) is 12.8 Å². The Bertz CT molecular complexity index is 343. The van der Waals surface area contributed by atoms with Gasteiger partial charge in [-0.25, -0.2) is 0 Å². The Labute approximate surface area is 109 Å². The maximum atomic E-state index is 12.5. The fourth-order valence-electron chi connectivity index (χ4n) is 3.30. The summed E-state index contributed by atoms with van der Waals surface area (Å²) in [6.07, 6.45) is 11.8. The van der Waals surface area contributed by atoms with Crippen molar-refractivity contribution in [2.75, 3.05) is 6.54 Å². The number of rotatable bonds is 3. The standard InChI is InChI=1S/C14H23N3O/c1-2-11-7-8-12(9-15)17(11)14(18)13(16)10-5-3-4-6-10/h1,10-13H,3-9,15-16H2. The third-order valence-corrected chi connectivity index (χ3v) is 4.41. The van der Waals surface area contributed by atoms with Crippen LogP contribution >= 0.6 is 0 Å². The number of nitrogens with zero attached hydrogens (tertiary/aromatic N) is 1. The molecule has 0 radical (unpaired) electrons. The van der Waals surface area contributed by atoms with Crippen LogP contribution in [0.5, 0.6) is 0 Å². The molecule has 4 nitrogen and oxygen atoms in total. The lowest BCUT2D eigenvalue weighted by atomic mass is 9.97. The first-order valence-electron chi connectivity index (χ1n) is 6.93. The van der Waals surface area contributed by atoms with E-state index in [0.29, 0.717) is 12.5 Å². The molecule has 1 saturated carbocycles. The summed E-state index contributed by atoms with van der Waals surface area (Å²) in [5.41, 5.74) is 11.9. The van der Waals surface area contributed by atoms with E-state index in [2.05, 4.69) is 5.92 Å². The molecule has 4 N–H and O–H groups in total. The number of likely N-dealkylation sites (tertiary alicyclic amines) is 1. The second kappa shape index (κ2) is 5.73. The van der Waals surface area contributed by atoms with E-state index < -0.39 is 6.04 Å². The minimum atomic E-state index is -0.393. The number of hydrogen-bond donors (Lipinski definition) is 2. The summed E-state index contributed by atoms with van der Waals surface area (Å²) in [5.74, 6) is 3.04. The first-order valence-corrected chi connectivity index (χ1v) is 6.93. The van der Waals surface area contributed by atoms with Crippen LogP contribution in [-0.4, -0.2) is 35.5 Å². The molecular weight excluding hydrogens is 226 g/mol. The van der Waals surface area contributed by atoms with E-state index in [1.54, 1.807) is 4.90 Å². The van der Waals surface area contributed by atoms with Crippen LogP contribution in [0.4, 0.5) is 0 Å². The molecule has 18 heavy (non-hydrogen) atoms. The van der Waals surface area contributed by atoms with Crippen LogP contribution in [0.15, 0.2) is 0 Å². The Kier molecular flexibility index (Phi) is 4.26. The lowest BCUT2D eigenvalue weighted by molar-refractivity contribution is -0.135. The molecule has 100 valence electrons. The van der Waals surface area contributed by atoms with Gasteiger partial charge >= 0.3 is 0 Å². The zero-order valence-electron chi connectivity index (χ0n) is 10.8. The van der Waals surface area contributed by atoms with Gasteiger partial charge in [0.05, 0.1) is 12.1 Å². The lowest BCUT2D eigenvalue weighted by Gasteiger charge is -2.31. The summed E-state index contributed by atoms with van der Waals surface area (Å²) < 4.78 is 0. The molecule has 1 saturated heterocycles. The molecule has 0 aromatic carbocycles. The summed E-state index contributed by atoms with van der Waals surface area (Å²) in [6, 6.07) is -0.431. The molecule has 2 rings (SSSR count). The predicted octanol–water partition coefficient (Wildman–Crippen LogP) is 0.455. The van der Waals surface area contributed by atoms with Crippen molar-refractivity contribution in [1.82, 2.24) is 4.90 Å². The minimum Gasteiger partial charge on any atom is -0.328 e. The van der Waals surface area contributed by atoms with Crippen molar-refractivity contribution in [2.24, 2.45) is 17.4 Å². The van der Waals surface area contributed by atoms with Gasteiger partial charge in [0.15, 0.2) is 0 Å². The normalized spacial score (nSPS) is 30.4. The Morgan fingerprint density at radius 2 is 2.00 bits per heavy atom. The Morgan fingerprint density at radius 3 is 2.56 bits per heavy atom. The van der Waals surface area contributed by atoms with Crippen LogP contribution in [0, 0.1) is 18.3 Å². The fourth-order valence-corrected chi connectivity index (χ4v) is 3.30. The van der Waals surface area contributed by atoms with Gasteiger partial charge in [-0.3, -0.25) is 4.79 Å². The maximum Gasteiger partial charge on any atom is 0.241 e. The van der Waals surface area contributed by atoms with Crippen LogP contribution in [-0.2, 0) is 4.79 Å². The highest BCUT2D eigenvalue weighted by atomic mass is 16.2. The van der Waals surface area contributed by atoms with Crippen LogP contribution in [0.2, 0.25) is 0 Å². The van der Waals surface area contributed by atoms with Crippen molar-refractivity contribution in [2.45, 2.75) is 56.7 Å². The molecule has 1 heterocycles. The topological polar surface area (TPSA) is 72.3 Å². The van der Waals surface area contributed by atoms with E-state index in [4.69, 9.17) is 17.9 Å². The summed E-state index contributed by atoms with van der Waals surface area (Å²) in [4.78, 5) is 14.3. The number of hydrogen-bond acceptors (Lipinski definition) is 3. The number of terminal acetylenes is 1. The van der Waals surface area contributed by atoms with E-state index >= 15 is 0 Å². The zero-order valence-corrected chi connectivity index (χ0v) is 10.8. The van der Waals surface area contributed by atoms with E-state index in [-0.39, 0.29) is 18.0 Å². The van der Waals surface area contributed by atoms with E-state index in [0.717, 1.165) is 25.7 Å². The first-order chi connectivity index (χ1) is 8.69. The van der Waals surface area contributed by atoms with Gasteiger partial charge in [-0.1, -0.05) is 18.8 Å². The van der Waals surface area contributed by atoms with Gasteiger partial charge in [-0.2, -0.15) is 0 Å². The monoisotopic (exact) mass is 249 g/mol. The van der Waals surface area contributed by atoms with Crippen molar-refractivity contribution in [3.63, 3.8) is 0 Å². The molecule has 2 aliphatic rings. The largest absolute Gasteiger partial charge is 0.328 e. The molecule has 2 fully saturated rings. The highest BCUT2D eigenvalue weighted by Gasteiger charge is 2.39. The lowest BCUT2D eigenvalue weighted by Crippen LogP contribution is -2.53. The third-order valence-electron chi connectivity index (χ3n) is 4.41. The first kappa shape index (κ1) is 13.4. The van der Waals surface area contributed by atoms with Gasteiger partial charge < -0.3 is 16.4 Å². The molecular formula is C14H23N3O. The molecule has 4 heteroatoms. The molecule has 1 aliphatic heterocycles. The SMILES string of the molecule is C#CC1CCC(CN)N1C(=O)C(N)C1CCCC1. The summed E-state index contributed by atoms with van der Waals surface area (Å²) in [7, 11) is 0. The molecule has 1 aliphatic carbocycles. The average Bonchev–Trinajstić information content (AvgIpc) is 3.05. The smallest absolute Gasteiger partial charge is 0.241 e. The van der Waals surface area contributed by atoms with E-state index in [9.17, 15) is 4.79 Å². The predicted molar refractivity (Wildman–Crippen MR) is 71.5 cm³/mol. The van der Waals surface area contributed by atoms with Crippen molar-refractivity contribution >= 4 is 5.91 Å². The maximum absolute atomic E-state index is 12.5. The van der Waals surface area contributed by atoms with E-state index in [1.807, 2.05) is 0 Å². The van der Waals surface area contributed by atoms with Crippen molar-refractivity contribution in [3.8, 4) is 12.3 Å². The molecule has 3 atom stereocenters. The fraction of sp³-hybridized carbons (Fsp3) is 0.786. The average molecular weight is 249 g/mol. The highest BCUT2D eigenvalue weighted by molar-refractivity contribution is 5.83. The summed E-state index contributed by atoms with van der Waals surface area (Å²) in [5, 5.41) is 0. The van der Waals surface area contributed by atoms with Gasteiger partial charge in [0.1, 0.15) is 0 Å². The second-order valence-electron chi connectivity index (χ2n) is 5.47. The van der Waals surface area contributed by atoms with Crippen molar-refractivity contribution in [3.05, 3.63) is 0 Å². The number of carbonyl (C=O) groups is 1. The Balaban J connectivity index is 2.07. The van der Waals surface area contributed by atoms with Crippen molar-refractivity contribution in [1.29, 1.82) is 0 Å². The zero-order chi connectivity index (χ0) is 13.1. The van der Waals surface area contributed by atoms with Crippen LogP contribution < -0.4 is 11.5 Å². The molecule has 0 aromatic heterocycles. The van der Waals surface area contributed by atoms with Gasteiger partial charge in [-0.05, 0) is 31.6 Å². The third kappa shape index (κ3) is 2.38. The van der Waals surface area contributed by atoms with Gasteiger partial charge in [-0.15, -0.1) is 6.42 Å². The molecule has 0 spiro atoms. The minimum absolute atomic E-state index is 0.0119. The summed E-state index contributed by atoms with van der Waals surface area (Å²) >= 11 is 0. The number of carbonyl (C=O) groups excluding carboxylic acids is 1. The quantitative estimate of drug-likeness (QED) is 0.714. The molecule has 0 aromatic rings. The van der Waals surface area contributed by atoms with Gasteiger partial charge in [0.2, 0.25) is 5.91 Å². The van der Waals surface area contributed by atoms with Crippen LogP contribution in [0.25, 0.3) is 0 Å². The second-order valence-corrected chi connectivity index (χ2v) is 5.47. The molecule has 3 unspecified atom stereocenters. The number of amides is 1. The molecule has 0 bridgehead atoms. The highest BCUT2D eigenvalue weighted by Crippen LogP contribution is 2.30. The van der Waals surface area contributed by atoms with Gasteiger partial charge in [0, 0.05) is 12.6 Å². The summed E-state index contributed by atoms with van der Waals surface area (Å²) in [6.45, 7) is 0.474. The van der Waals surface area contributed by atoms with Crippen LogP contribution in [0.1, 0.15) is 38.5 Å². The van der Waals surface area contributed by atoms with Gasteiger partial charge in [0.25, 0.3) is 0 Å². The number of nitrogens with two attached hydrogens (primary N) is 2.